The van der Waals surface area contributed by atoms with E-state index < -0.39 is 20.7 Å². The molecule has 1 fully saturated rings. The molecule has 2 rings (SSSR count). The van der Waals surface area contributed by atoms with Crippen molar-refractivity contribution in [3.05, 3.63) is 46.2 Å². The number of hydrogen-bond donors (Lipinski definition) is 1. The van der Waals surface area contributed by atoms with Gasteiger partial charge in [0.15, 0.2) is 9.84 Å². The second kappa shape index (κ2) is 9.29. The Bertz CT molecular complexity index is 922. The summed E-state index contributed by atoms with van der Waals surface area (Å²) in [7, 11) is -1.68. The van der Waals surface area contributed by atoms with Crippen molar-refractivity contribution in [3.63, 3.8) is 0 Å². The molecule has 0 bridgehead atoms. The van der Waals surface area contributed by atoms with E-state index in [-0.39, 0.29) is 41.1 Å². The maximum Gasteiger partial charge on any atom is 0.292 e. The Labute approximate surface area is 162 Å². The van der Waals surface area contributed by atoms with Crippen molar-refractivity contribution in [1.29, 1.82) is 5.26 Å². The molecule has 1 atom stereocenters. The van der Waals surface area contributed by atoms with Crippen LogP contribution in [0.1, 0.15) is 6.42 Å². The van der Waals surface area contributed by atoms with Crippen LogP contribution in [0.2, 0.25) is 0 Å². The number of amides is 1. The third kappa shape index (κ3) is 5.51. The van der Waals surface area contributed by atoms with Gasteiger partial charge in [-0.25, -0.2) is 8.42 Å². The van der Waals surface area contributed by atoms with Crippen LogP contribution in [-0.2, 0) is 19.4 Å². The summed E-state index contributed by atoms with van der Waals surface area (Å²) in [5.74, 6) is -0.850. The summed E-state index contributed by atoms with van der Waals surface area (Å²) >= 11 is 0. The number of nitrogens with one attached hydrogen (secondary N) is 1. The topological polar surface area (TPSA) is 143 Å². The quantitative estimate of drug-likeness (QED) is 0.291. The number of para-hydroxylation sites is 2. The number of nitro benzene ring substituents is 1. The third-order valence-electron chi connectivity index (χ3n) is 4.24. The summed E-state index contributed by atoms with van der Waals surface area (Å²) in [4.78, 5) is 24.5. The van der Waals surface area contributed by atoms with Crippen LogP contribution in [0, 0.1) is 21.4 Å². The van der Waals surface area contributed by atoms with Gasteiger partial charge >= 0.3 is 0 Å². The molecule has 1 aromatic carbocycles. The molecule has 1 aliphatic heterocycles. The summed E-state index contributed by atoms with van der Waals surface area (Å²) in [5, 5.41) is 22.8. The first-order chi connectivity index (χ1) is 13.3. The number of sulfone groups is 1. The molecule has 0 radical (unpaired) electrons. The lowest BCUT2D eigenvalue weighted by atomic mass is 10.2. The average molecular weight is 408 g/mol. The Morgan fingerprint density at radius 2 is 2.21 bits per heavy atom. The fraction of sp³-hybridized carbons (Fsp3) is 0.412. The molecule has 0 aliphatic carbocycles. The molecule has 1 heterocycles. The van der Waals surface area contributed by atoms with E-state index in [2.05, 4.69) is 5.32 Å². The molecule has 0 saturated carbocycles. The number of ether oxygens (including phenoxy) is 1. The van der Waals surface area contributed by atoms with E-state index >= 15 is 0 Å². The lowest BCUT2D eigenvalue weighted by molar-refractivity contribution is -0.383. The van der Waals surface area contributed by atoms with Crippen molar-refractivity contribution in [2.75, 3.05) is 37.1 Å². The van der Waals surface area contributed by atoms with Crippen molar-refractivity contribution in [2.45, 2.75) is 12.5 Å². The number of rotatable bonds is 8. The van der Waals surface area contributed by atoms with Gasteiger partial charge in [0.2, 0.25) is 0 Å². The summed E-state index contributed by atoms with van der Waals surface area (Å²) in [6.07, 6.45) is 1.67. The van der Waals surface area contributed by atoms with Gasteiger partial charge in [0.1, 0.15) is 17.3 Å². The summed E-state index contributed by atoms with van der Waals surface area (Å²) in [6.45, 7) is 0.568. The number of nitro groups is 1. The van der Waals surface area contributed by atoms with Crippen molar-refractivity contribution in [2.24, 2.45) is 0 Å². The molecule has 1 amide bonds. The van der Waals surface area contributed by atoms with Crippen molar-refractivity contribution in [3.8, 4) is 6.07 Å². The minimum Gasteiger partial charge on any atom is -0.383 e. The molecule has 1 unspecified atom stereocenters. The van der Waals surface area contributed by atoms with E-state index in [4.69, 9.17) is 4.74 Å². The van der Waals surface area contributed by atoms with E-state index in [0.29, 0.717) is 13.0 Å². The molecule has 1 saturated heterocycles. The van der Waals surface area contributed by atoms with Crippen LogP contribution in [0.5, 0.6) is 0 Å². The van der Waals surface area contributed by atoms with Gasteiger partial charge in [0.05, 0.1) is 23.0 Å². The molecule has 1 N–H and O–H groups in total. The van der Waals surface area contributed by atoms with Crippen LogP contribution >= 0.6 is 0 Å². The maximum absolute atomic E-state index is 12.5. The molecule has 150 valence electrons. The number of carbonyl (C=O) groups is 1. The summed E-state index contributed by atoms with van der Waals surface area (Å²) in [6, 6.07) is 6.97. The van der Waals surface area contributed by atoms with Crippen molar-refractivity contribution < 1.29 is 22.9 Å². The normalized spacial score (nSPS) is 18.3. The van der Waals surface area contributed by atoms with E-state index in [1.807, 2.05) is 0 Å². The maximum atomic E-state index is 12.5. The average Bonchev–Trinajstić information content (AvgIpc) is 3.01. The largest absolute Gasteiger partial charge is 0.383 e. The zero-order chi connectivity index (χ0) is 20.7. The van der Waals surface area contributed by atoms with Gasteiger partial charge < -0.3 is 15.0 Å². The van der Waals surface area contributed by atoms with Gasteiger partial charge in [-0.15, -0.1) is 0 Å². The van der Waals surface area contributed by atoms with E-state index in [1.54, 1.807) is 11.0 Å². The smallest absolute Gasteiger partial charge is 0.292 e. The number of anilines is 1. The molecule has 28 heavy (non-hydrogen) atoms. The highest BCUT2D eigenvalue weighted by Gasteiger charge is 2.31. The second-order valence-electron chi connectivity index (χ2n) is 6.17. The minimum atomic E-state index is -3.16. The molecule has 0 spiro atoms. The van der Waals surface area contributed by atoms with Crippen LogP contribution in [-0.4, -0.2) is 62.0 Å². The standard InChI is InChI=1S/C17H20N4O6S/c1-27-8-7-20(14-6-9-28(25,26)12-14)11-13(10-18)17(22)19-15-4-2-3-5-16(15)21(23)24/h2-5,11,14H,6-9,12H2,1H3,(H,19,22)/b13-11-. The first-order valence-corrected chi connectivity index (χ1v) is 10.2. The third-order valence-corrected chi connectivity index (χ3v) is 5.99. The molecule has 10 nitrogen and oxygen atoms in total. The Hall–Kier alpha value is -2.97. The predicted molar refractivity (Wildman–Crippen MR) is 101 cm³/mol. The first-order valence-electron chi connectivity index (χ1n) is 8.39. The van der Waals surface area contributed by atoms with Gasteiger partial charge in [-0.1, -0.05) is 12.1 Å². The summed E-state index contributed by atoms with van der Waals surface area (Å²) < 4.78 is 28.5. The van der Waals surface area contributed by atoms with E-state index in [9.17, 15) is 28.6 Å². The number of benzene rings is 1. The Morgan fingerprint density at radius 3 is 2.79 bits per heavy atom. The lowest BCUT2D eigenvalue weighted by Gasteiger charge is -2.26. The van der Waals surface area contributed by atoms with Gasteiger partial charge in [-0.3, -0.25) is 14.9 Å². The highest BCUT2D eigenvalue weighted by molar-refractivity contribution is 7.91. The monoisotopic (exact) mass is 408 g/mol. The number of nitriles is 1. The number of carbonyl (C=O) groups excluding carboxylic acids is 1. The second-order valence-corrected chi connectivity index (χ2v) is 8.40. The zero-order valence-electron chi connectivity index (χ0n) is 15.2. The highest BCUT2D eigenvalue weighted by Crippen LogP contribution is 2.24. The van der Waals surface area contributed by atoms with E-state index in [0.717, 1.165) is 0 Å². The Balaban J connectivity index is 2.25. The van der Waals surface area contributed by atoms with Gasteiger partial charge in [0.25, 0.3) is 11.6 Å². The fourth-order valence-corrected chi connectivity index (χ4v) is 4.56. The first kappa shape index (κ1) is 21.3. The van der Waals surface area contributed by atoms with Gasteiger partial charge in [-0.2, -0.15) is 5.26 Å². The Kier molecular flexibility index (Phi) is 7.08. The van der Waals surface area contributed by atoms with Crippen LogP contribution in [0.25, 0.3) is 0 Å². The molecular formula is C17H20N4O6S. The van der Waals surface area contributed by atoms with Crippen LogP contribution in [0.3, 0.4) is 0 Å². The molecule has 1 aliphatic rings. The minimum absolute atomic E-state index is 0.0365. The SMILES string of the molecule is COCCN(/C=C(/C#N)C(=O)Nc1ccccc1[N+](=O)[O-])C1CCS(=O)(=O)C1. The summed E-state index contributed by atoms with van der Waals surface area (Å²) in [5.41, 5.74) is -0.629. The lowest BCUT2D eigenvalue weighted by Crippen LogP contribution is -2.35. The van der Waals surface area contributed by atoms with Gasteiger partial charge in [0, 0.05) is 32.0 Å². The molecule has 11 heteroatoms. The zero-order valence-corrected chi connectivity index (χ0v) is 16.0. The molecular weight excluding hydrogens is 388 g/mol. The van der Waals surface area contributed by atoms with Crippen molar-refractivity contribution >= 4 is 27.1 Å². The fourth-order valence-electron chi connectivity index (χ4n) is 2.82. The number of nitrogens with zero attached hydrogens (tertiary/aromatic N) is 3. The van der Waals surface area contributed by atoms with Crippen molar-refractivity contribution in [1.82, 2.24) is 4.90 Å². The predicted octanol–water partition coefficient (Wildman–Crippen LogP) is 1.08. The number of methoxy groups -OCH3 is 1. The van der Waals surface area contributed by atoms with Crippen LogP contribution in [0.4, 0.5) is 11.4 Å². The Morgan fingerprint density at radius 1 is 1.50 bits per heavy atom. The molecule has 1 aromatic rings. The number of hydrogen-bond acceptors (Lipinski definition) is 8. The van der Waals surface area contributed by atoms with Gasteiger partial charge in [-0.05, 0) is 12.5 Å². The van der Waals surface area contributed by atoms with Crippen LogP contribution < -0.4 is 5.32 Å². The highest BCUT2D eigenvalue weighted by atomic mass is 32.2. The molecule has 0 aromatic heterocycles. The van der Waals surface area contributed by atoms with E-state index in [1.165, 1.54) is 37.6 Å². The van der Waals surface area contributed by atoms with Crippen LogP contribution in [0.15, 0.2) is 36.0 Å².